The van der Waals surface area contributed by atoms with Crippen molar-refractivity contribution in [1.29, 1.82) is 0 Å². The molecule has 0 aliphatic rings. The second-order valence-corrected chi connectivity index (χ2v) is 16.5. The molecule has 0 saturated heterocycles. The lowest BCUT2D eigenvalue weighted by Gasteiger charge is -2.17. The van der Waals surface area contributed by atoms with Crippen LogP contribution in [0, 0.1) is 0 Å². The lowest BCUT2D eigenvalue weighted by molar-refractivity contribution is 1.13. The molecule has 0 amide bonds. The van der Waals surface area contributed by atoms with E-state index in [1.807, 2.05) is 30.3 Å². The highest BCUT2D eigenvalue weighted by atomic mass is 15.0. The van der Waals surface area contributed by atoms with Gasteiger partial charge in [-0.3, -0.25) is 0 Å². The van der Waals surface area contributed by atoms with Gasteiger partial charge in [-0.25, -0.2) is 4.99 Å². The number of hydrogen-bond acceptors (Lipinski definition) is 1. The lowest BCUT2D eigenvalue weighted by atomic mass is 9.97. The number of aliphatic imine (C=N–C) groups is 1. The van der Waals surface area contributed by atoms with Crippen LogP contribution >= 0.6 is 0 Å². The molecule has 2 heterocycles. The van der Waals surface area contributed by atoms with Gasteiger partial charge in [0.2, 0.25) is 0 Å². The summed E-state index contributed by atoms with van der Waals surface area (Å²) >= 11 is 0. The fourth-order valence-corrected chi connectivity index (χ4v) is 9.83. The van der Waals surface area contributed by atoms with Crippen molar-refractivity contribution in [1.82, 2.24) is 9.13 Å². The molecule has 2 N–H and O–H groups in total. The van der Waals surface area contributed by atoms with E-state index in [4.69, 9.17) is 10.7 Å². The largest absolute Gasteiger partial charge is 0.383 e. The Kier molecular flexibility index (Phi) is 9.01. The highest BCUT2D eigenvalue weighted by Gasteiger charge is 2.20. The van der Waals surface area contributed by atoms with Gasteiger partial charge in [-0.05, 0) is 64.2 Å². The first-order valence-electron chi connectivity index (χ1n) is 21.9. The van der Waals surface area contributed by atoms with Crippen molar-refractivity contribution >= 4 is 76.7 Å². The van der Waals surface area contributed by atoms with Gasteiger partial charge in [0.25, 0.3) is 0 Å². The van der Waals surface area contributed by atoms with Gasteiger partial charge in [0.1, 0.15) is 5.84 Å². The minimum Gasteiger partial charge on any atom is -0.383 e. The monoisotopic (exact) mass is 818 g/mol. The number of benzene rings is 10. The Morgan fingerprint density at radius 3 is 1.50 bits per heavy atom. The number of nitrogens with zero attached hydrogens (tertiary/aromatic N) is 3. The van der Waals surface area contributed by atoms with E-state index in [9.17, 15) is 0 Å². The highest BCUT2D eigenvalue weighted by Crippen LogP contribution is 2.41. The van der Waals surface area contributed by atoms with Gasteiger partial charge in [-0.15, -0.1) is 0 Å². The second kappa shape index (κ2) is 15.5. The Morgan fingerprint density at radius 2 is 0.906 bits per heavy atom. The first-order chi connectivity index (χ1) is 31.7. The number of amidine groups is 1. The molecule has 2 aromatic heterocycles. The molecule has 302 valence electrons. The summed E-state index contributed by atoms with van der Waals surface area (Å²) in [5.41, 5.74) is 19.9. The van der Waals surface area contributed by atoms with Crippen molar-refractivity contribution in [2.24, 2.45) is 10.7 Å². The van der Waals surface area contributed by atoms with E-state index in [1.165, 1.54) is 70.8 Å². The Bertz CT molecular complexity index is 3640. The molecule has 0 radical (unpaired) electrons. The maximum atomic E-state index is 7.01. The Balaban J connectivity index is 1.19. The van der Waals surface area contributed by atoms with Crippen molar-refractivity contribution in [3.05, 3.63) is 247 Å². The molecular formula is C60H42N4. The Morgan fingerprint density at radius 1 is 0.422 bits per heavy atom. The van der Waals surface area contributed by atoms with Gasteiger partial charge in [-0.1, -0.05) is 200 Å². The van der Waals surface area contributed by atoms with Crippen LogP contribution in [0.15, 0.2) is 236 Å². The molecule has 0 atom stereocenters. The van der Waals surface area contributed by atoms with Gasteiger partial charge in [0, 0.05) is 54.8 Å². The normalized spacial score (nSPS) is 12.4. The first-order valence-corrected chi connectivity index (χ1v) is 21.9. The Hall–Kier alpha value is -8.47. The summed E-state index contributed by atoms with van der Waals surface area (Å²) in [5.74, 6) is 0.459. The third-order valence-corrected chi connectivity index (χ3v) is 12.8. The number of nitrogens with two attached hydrogens (primary N) is 1. The number of rotatable bonds is 8. The number of hydrogen-bond donors (Lipinski definition) is 1. The molecule has 0 fully saturated rings. The summed E-state index contributed by atoms with van der Waals surface area (Å²) in [7, 11) is 0. The van der Waals surface area contributed by atoms with Gasteiger partial charge in [0.05, 0.1) is 27.8 Å². The zero-order valence-electron chi connectivity index (χ0n) is 35.1. The minimum absolute atomic E-state index is 0.459. The molecule has 64 heavy (non-hydrogen) atoms. The summed E-state index contributed by atoms with van der Waals surface area (Å²) in [6, 6.07) is 80.3. The van der Waals surface area contributed by atoms with Crippen molar-refractivity contribution < 1.29 is 0 Å². The van der Waals surface area contributed by atoms with E-state index >= 15 is 0 Å². The Labute approximate surface area is 371 Å². The van der Waals surface area contributed by atoms with E-state index in [0.717, 1.165) is 39.2 Å². The van der Waals surface area contributed by atoms with E-state index in [2.05, 4.69) is 209 Å². The van der Waals surface area contributed by atoms with Crippen LogP contribution in [-0.4, -0.2) is 15.0 Å². The van der Waals surface area contributed by atoms with E-state index in [-0.39, 0.29) is 0 Å². The molecule has 0 unspecified atom stereocenters. The van der Waals surface area contributed by atoms with Crippen LogP contribution in [0.4, 0.5) is 0 Å². The second-order valence-electron chi connectivity index (χ2n) is 16.5. The maximum absolute atomic E-state index is 7.01. The molecule has 10 aromatic carbocycles. The van der Waals surface area contributed by atoms with Crippen LogP contribution in [0.5, 0.6) is 0 Å². The topological polar surface area (TPSA) is 48.2 Å². The van der Waals surface area contributed by atoms with Crippen molar-refractivity contribution in [2.75, 3.05) is 0 Å². The number of fused-ring (bicyclic) bond motifs is 10. The molecule has 0 saturated carbocycles. The van der Waals surface area contributed by atoms with E-state index in [0.29, 0.717) is 12.3 Å². The van der Waals surface area contributed by atoms with Crippen molar-refractivity contribution in [3.63, 3.8) is 0 Å². The molecule has 4 nitrogen and oxygen atoms in total. The fraction of sp³-hybridized carbons (Fsp3) is 0.0167. The van der Waals surface area contributed by atoms with Crippen molar-refractivity contribution in [3.8, 4) is 22.5 Å². The van der Waals surface area contributed by atoms with E-state index in [1.54, 1.807) is 0 Å². The first kappa shape index (κ1) is 37.3. The molecule has 0 bridgehead atoms. The minimum atomic E-state index is 0.459. The lowest BCUT2D eigenvalue weighted by Crippen LogP contribution is -2.13. The number of para-hydroxylation sites is 2. The van der Waals surface area contributed by atoms with Gasteiger partial charge in [0.15, 0.2) is 0 Å². The zero-order valence-corrected chi connectivity index (χ0v) is 35.1. The number of aromatic nitrogens is 2. The average molecular weight is 819 g/mol. The molecule has 12 rings (SSSR count). The van der Waals surface area contributed by atoms with Crippen LogP contribution in [-0.2, 0) is 6.42 Å². The number of allylic oxidation sites excluding steroid dienone is 1. The summed E-state index contributed by atoms with van der Waals surface area (Å²) in [4.78, 5) is 5.37. The molecule has 0 aliphatic heterocycles. The third-order valence-electron chi connectivity index (χ3n) is 12.8. The summed E-state index contributed by atoms with van der Waals surface area (Å²) < 4.78 is 4.91. The summed E-state index contributed by atoms with van der Waals surface area (Å²) in [6.45, 7) is 0. The van der Waals surface area contributed by atoms with Crippen molar-refractivity contribution in [2.45, 2.75) is 6.42 Å². The standard InChI is InChI=1S/C60H42N4/c61-60(44-22-5-2-6-23-44)62-55(36-33-41-19-7-10-24-48(41)40-17-3-1-4-18-40)45-37-46(63-56-29-15-13-27-51(56)53-34-31-42-20-8-11-25-49(42)58(53)63)39-47(38-45)64-57-30-16-14-28-52(57)54-35-32-43-21-9-12-26-50(43)59(54)64/h1-32,34-39H,33H2,(H2,61,62)/b55-36-. The SMILES string of the molecule is NC(=N/C(=C\Cc1ccccc1-c1ccccc1)c1cc(-n2c3ccccc3c3ccc4ccccc4c32)cc(-n2c3ccccc3c3ccc4ccccc4c32)c1)c1ccccc1. The van der Waals surface area contributed by atoms with Gasteiger partial charge >= 0.3 is 0 Å². The maximum Gasteiger partial charge on any atom is 0.131 e. The van der Waals surface area contributed by atoms with Crippen LogP contribution in [0.2, 0.25) is 0 Å². The quantitative estimate of drug-likeness (QED) is 0.120. The summed E-state index contributed by atoms with van der Waals surface area (Å²) in [5, 5.41) is 9.63. The molecule has 12 aromatic rings. The third kappa shape index (κ3) is 6.27. The van der Waals surface area contributed by atoms with Gasteiger partial charge < -0.3 is 14.9 Å². The van der Waals surface area contributed by atoms with Crippen LogP contribution < -0.4 is 5.73 Å². The summed E-state index contributed by atoms with van der Waals surface area (Å²) in [6.07, 6.45) is 2.90. The molecule has 0 spiro atoms. The van der Waals surface area contributed by atoms with Gasteiger partial charge in [-0.2, -0.15) is 0 Å². The fourth-order valence-electron chi connectivity index (χ4n) is 9.83. The zero-order chi connectivity index (χ0) is 42.6. The predicted octanol–water partition coefficient (Wildman–Crippen LogP) is 14.8. The smallest absolute Gasteiger partial charge is 0.131 e. The van der Waals surface area contributed by atoms with Crippen LogP contribution in [0.3, 0.4) is 0 Å². The molecular weight excluding hydrogens is 777 g/mol. The van der Waals surface area contributed by atoms with Crippen LogP contribution in [0.25, 0.3) is 93.4 Å². The molecule has 4 heteroatoms. The van der Waals surface area contributed by atoms with E-state index < -0.39 is 0 Å². The molecule has 0 aliphatic carbocycles. The highest BCUT2D eigenvalue weighted by molar-refractivity contribution is 6.20. The predicted molar refractivity (Wildman–Crippen MR) is 271 cm³/mol. The average Bonchev–Trinajstić information content (AvgIpc) is 3.89. The van der Waals surface area contributed by atoms with Crippen LogP contribution in [0.1, 0.15) is 16.7 Å².